The van der Waals surface area contributed by atoms with Gasteiger partial charge in [0.2, 0.25) is 0 Å². The molecule has 2 unspecified atom stereocenters. The molecule has 2 atom stereocenters. The third-order valence-corrected chi connectivity index (χ3v) is 12.4. The van der Waals surface area contributed by atoms with Gasteiger partial charge in [0, 0.05) is 38.3 Å². The zero-order valence-corrected chi connectivity index (χ0v) is 41.0. The van der Waals surface area contributed by atoms with Crippen molar-refractivity contribution >= 4 is 17.8 Å². The number of amides is 1. The maximum atomic E-state index is 12.9. The van der Waals surface area contributed by atoms with Crippen molar-refractivity contribution in [3.05, 3.63) is 24.0 Å². The maximum absolute atomic E-state index is 12.9. The van der Waals surface area contributed by atoms with Crippen molar-refractivity contribution in [2.45, 2.75) is 271 Å². The van der Waals surface area contributed by atoms with Crippen molar-refractivity contribution in [2.75, 3.05) is 26.2 Å². The molecule has 0 radical (unpaired) electrons. The SMILES string of the molecule is CCCCCCCCC(CCCCCCCC)OC(=O)CCCCCCCN(CCCCCC(=O)OC(CCC)CCCCCCC)CC(O)CCCCNC(=O)c1cc[nH]c1. The summed E-state index contributed by atoms with van der Waals surface area (Å²) in [6.45, 7) is 12.0. The minimum atomic E-state index is -0.417. The van der Waals surface area contributed by atoms with Crippen molar-refractivity contribution in [3.8, 4) is 0 Å². The second-order valence-electron chi connectivity index (χ2n) is 18.5. The molecular weight excluding hydrogens is 775 g/mol. The second kappa shape index (κ2) is 42.6. The summed E-state index contributed by atoms with van der Waals surface area (Å²) in [5.41, 5.74) is 0.634. The molecule has 0 aliphatic carbocycles. The molecule has 1 amide bonds. The monoisotopic (exact) mass is 874 g/mol. The number of aliphatic hydroxyl groups is 1. The molecule has 1 rings (SSSR count). The zero-order chi connectivity index (χ0) is 45.1. The molecule has 0 bridgehead atoms. The van der Waals surface area contributed by atoms with Gasteiger partial charge in [0.05, 0.1) is 11.7 Å². The number of H-pyrrole nitrogens is 1. The smallest absolute Gasteiger partial charge is 0.306 e. The summed E-state index contributed by atoms with van der Waals surface area (Å²) in [6.07, 6.45) is 40.8. The largest absolute Gasteiger partial charge is 0.462 e. The first kappa shape index (κ1) is 57.6. The van der Waals surface area contributed by atoms with Crippen LogP contribution in [-0.4, -0.2) is 77.3 Å². The molecule has 0 aromatic carbocycles. The third kappa shape index (κ3) is 35.0. The van der Waals surface area contributed by atoms with Crippen LogP contribution in [0.25, 0.3) is 0 Å². The molecule has 0 fully saturated rings. The highest BCUT2D eigenvalue weighted by atomic mass is 16.5. The Bertz CT molecular complexity index is 1130. The summed E-state index contributed by atoms with van der Waals surface area (Å²) in [4.78, 5) is 43.1. The van der Waals surface area contributed by atoms with Crippen LogP contribution < -0.4 is 5.32 Å². The fourth-order valence-electron chi connectivity index (χ4n) is 8.49. The van der Waals surface area contributed by atoms with Gasteiger partial charge in [-0.15, -0.1) is 0 Å². The molecule has 9 heteroatoms. The van der Waals surface area contributed by atoms with E-state index in [4.69, 9.17) is 9.47 Å². The molecular formula is C53H99N3O6. The number of aromatic nitrogens is 1. The number of aliphatic hydroxyl groups excluding tert-OH is 1. The van der Waals surface area contributed by atoms with Crippen molar-refractivity contribution in [1.82, 2.24) is 15.2 Å². The Hall–Kier alpha value is -2.39. The summed E-state index contributed by atoms with van der Waals surface area (Å²) in [6, 6.07) is 1.76. The van der Waals surface area contributed by atoms with Crippen LogP contribution in [0.1, 0.15) is 263 Å². The molecule has 0 aliphatic rings. The highest BCUT2D eigenvalue weighted by Crippen LogP contribution is 2.19. The van der Waals surface area contributed by atoms with E-state index in [9.17, 15) is 19.5 Å². The number of nitrogens with one attached hydrogen (secondary N) is 2. The first-order valence-electron chi connectivity index (χ1n) is 26.5. The topological polar surface area (TPSA) is 121 Å². The molecule has 362 valence electrons. The maximum Gasteiger partial charge on any atom is 0.306 e. The number of carbonyl (C=O) groups excluding carboxylic acids is 3. The van der Waals surface area contributed by atoms with Crippen LogP contribution in [0.3, 0.4) is 0 Å². The number of nitrogens with zero attached hydrogens (tertiary/aromatic N) is 1. The van der Waals surface area contributed by atoms with Gasteiger partial charge < -0.3 is 29.8 Å². The van der Waals surface area contributed by atoms with E-state index in [1.807, 2.05) is 0 Å². The predicted molar refractivity (Wildman–Crippen MR) is 260 cm³/mol. The molecule has 62 heavy (non-hydrogen) atoms. The molecule has 0 saturated heterocycles. The fourth-order valence-corrected chi connectivity index (χ4v) is 8.49. The van der Waals surface area contributed by atoms with Gasteiger partial charge in [0.25, 0.3) is 5.91 Å². The lowest BCUT2D eigenvalue weighted by Crippen LogP contribution is -2.34. The Labute approximate surface area is 381 Å². The van der Waals surface area contributed by atoms with E-state index in [2.05, 4.69) is 42.9 Å². The predicted octanol–water partition coefficient (Wildman–Crippen LogP) is 14.0. The molecule has 1 aromatic rings. The standard InChI is InChI=1S/C53H99N3O6/c1-5-9-12-15-19-25-36-50(37-26-20-16-13-10-6-2)62-52(59)38-27-21-17-22-31-43-56(46-48(57)34-29-30-41-55-53(60)47-40-42-54-45-47)44-32-23-28-39-51(58)61-49(33-8-4)35-24-18-14-11-7-3/h40,42,45,48-50,54,57H,5-39,41,43-44,46H2,1-4H3,(H,55,60). The first-order valence-corrected chi connectivity index (χ1v) is 26.5. The van der Waals surface area contributed by atoms with Gasteiger partial charge in [-0.1, -0.05) is 150 Å². The van der Waals surface area contributed by atoms with Crippen molar-refractivity contribution < 1.29 is 29.0 Å². The van der Waals surface area contributed by atoms with Crippen LogP contribution >= 0.6 is 0 Å². The van der Waals surface area contributed by atoms with E-state index < -0.39 is 6.10 Å². The van der Waals surface area contributed by atoms with E-state index in [1.165, 1.54) is 89.9 Å². The molecule has 1 heterocycles. The van der Waals surface area contributed by atoms with Crippen LogP contribution in [-0.2, 0) is 19.1 Å². The van der Waals surface area contributed by atoms with E-state index in [0.717, 1.165) is 129 Å². The van der Waals surface area contributed by atoms with E-state index in [0.29, 0.717) is 37.9 Å². The normalized spacial score (nSPS) is 12.6. The van der Waals surface area contributed by atoms with Crippen LogP contribution in [0.5, 0.6) is 0 Å². The minimum Gasteiger partial charge on any atom is -0.462 e. The van der Waals surface area contributed by atoms with Gasteiger partial charge in [0.1, 0.15) is 12.2 Å². The quantitative estimate of drug-likeness (QED) is 0.0441. The Morgan fingerprint density at radius 1 is 0.548 bits per heavy atom. The first-order chi connectivity index (χ1) is 30.3. The fraction of sp³-hybridized carbons (Fsp3) is 0.868. The van der Waals surface area contributed by atoms with Gasteiger partial charge in [0.15, 0.2) is 0 Å². The minimum absolute atomic E-state index is 0.0120. The number of aromatic amines is 1. The number of unbranched alkanes of at least 4 members (excludes halogenated alkanes) is 21. The van der Waals surface area contributed by atoms with Gasteiger partial charge in [-0.25, -0.2) is 0 Å². The Morgan fingerprint density at radius 2 is 0.984 bits per heavy atom. The van der Waals surface area contributed by atoms with Gasteiger partial charge in [-0.2, -0.15) is 0 Å². The van der Waals surface area contributed by atoms with Crippen LogP contribution in [0.4, 0.5) is 0 Å². The lowest BCUT2D eigenvalue weighted by atomic mass is 10.0. The van der Waals surface area contributed by atoms with Gasteiger partial charge in [-0.05, 0) is 109 Å². The van der Waals surface area contributed by atoms with E-state index in [1.54, 1.807) is 18.5 Å². The average Bonchev–Trinajstić information content (AvgIpc) is 3.81. The molecule has 9 nitrogen and oxygen atoms in total. The lowest BCUT2D eigenvalue weighted by Gasteiger charge is -2.25. The zero-order valence-electron chi connectivity index (χ0n) is 41.0. The van der Waals surface area contributed by atoms with Crippen molar-refractivity contribution in [1.29, 1.82) is 0 Å². The molecule has 1 aromatic heterocycles. The Kier molecular flexibility index (Phi) is 39.6. The highest BCUT2D eigenvalue weighted by Gasteiger charge is 2.17. The number of esters is 2. The number of hydrogen-bond donors (Lipinski definition) is 3. The molecule has 0 spiro atoms. The van der Waals surface area contributed by atoms with Crippen LogP contribution in [0.15, 0.2) is 18.5 Å². The summed E-state index contributed by atoms with van der Waals surface area (Å²) >= 11 is 0. The summed E-state index contributed by atoms with van der Waals surface area (Å²) in [5, 5.41) is 14.0. The average molecular weight is 874 g/mol. The molecule has 0 aliphatic heterocycles. The molecule has 3 N–H and O–H groups in total. The van der Waals surface area contributed by atoms with E-state index >= 15 is 0 Å². The van der Waals surface area contributed by atoms with Crippen molar-refractivity contribution in [2.24, 2.45) is 0 Å². The summed E-state index contributed by atoms with van der Waals surface area (Å²) < 4.78 is 12.0. The Balaban J connectivity index is 2.49. The van der Waals surface area contributed by atoms with Gasteiger partial charge in [-0.3, -0.25) is 14.4 Å². The lowest BCUT2D eigenvalue weighted by molar-refractivity contribution is -0.151. The number of ether oxygens (including phenoxy) is 2. The molecule has 0 saturated carbocycles. The third-order valence-electron chi connectivity index (χ3n) is 12.4. The second-order valence-corrected chi connectivity index (χ2v) is 18.5. The Morgan fingerprint density at radius 3 is 1.47 bits per heavy atom. The van der Waals surface area contributed by atoms with Crippen molar-refractivity contribution in [3.63, 3.8) is 0 Å². The van der Waals surface area contributed by atoms with Crippen LogP contribution in [0.2, 0.25) is 0 Å². The number of hydrogen-bond acceptors (Lipinski definition) is 7. The summed E-state index contributed by atoms with van der Waals surface area (Å²) in [7, 11) is 0. The van der Waals surface area contributed by atoms with Crippen LogP contribution in [0, 0.1) is 0 Å². The number of carbonyl (C=O) groups is 3. The highest BCUT2D eigenvalue weighted by molar-refractivity contribution is 5.93. The number of rotatable bonds is 46. The van der Waals surface area contributed by atoms with E-state index in [-0.39, 0.29) is 30.1 Å². The van der Waals surface area contributed by atoms with Gasteiger partial charge >= 0.3 is 11.9 Å². The summed E-state index contributed by atoms with van der Waals surface area (Å²) in [5.74, 6) is -0.138.